The number of ether oxygens (including phenoxy) is 2. The summed E-state index contributed by atoms with van der Waals surface area (Å²) < 4.78 is 10.3. The van der Waals surface area contributed by atoms with Crippen LogP contribution in [0.3, 0.4) is 0 Å². The van der Waals surface area contributed by atoms with Gasteiger partial charge in [-0.1, -0.05) is 11.6 Å². The number of hydrogen-bond acceptors (Lipinski definition) is 3. The summed E-state index contributed by atoms with van der Waals surface area (Å²) in [5.41, 5.74) is 1.68. The minimum absolute atomic E-state index is 0.272. The third kappa shape index (κ3) is 2.16. The lowest BCUT2D eigenvalue weighted by atomic mass is 10.1. The topological polar surface area (TPSA) is 42.2 Å². The molecule has 0 radical (unpaired) electrons. The van der Waals surface area contributed by atoms with Crippen molar-refractivity contribution in [3.8, 4) is 17.6 Å². The molecule has 1 aromatic carbocycles. The van der Waals surface area contributed by atoms with Crippen LogP contribution in [0.15, 0.2) is 6.07 Å². The predicted octanol–water partition coefficient (Wildman–Crippen LogP) is 2.73. The molecule has 0 aliphatic rings. The molecule has 0 spiro atoms. The Labute approximate surface area is 94.2 Å². The van der Waals surface area contributed by atoms with Crippen LogP contribution in [0.4, 0.5) is 0 Å². The van der Waals surface area contributed by atoms with E-state index in [0.717, 1.165) is 11.1 Å². The Kier molecular flexibility index (Phi) is 3.81. The summed E-state index contributed by atoms with van der Waals surface area (Å²) in [6.07, 6.45) is 0.272. The molecule has 0 aromatic heterocycles. The molecule has 0 saturated carbocycles. The van der Waals surface area contributed by atoms with Crippen molar-refractivity contribution in [2.45, 2.75) is 13.3 Å². The quantitative estimate of drug-likeness (QED) is 0.794. The predicted molar refractivity (Wildman–Crippen MR) is 58.6 cm³/mol. The molecule has 4 heteroatoms. The van der Waals surface area contributed by atoms with Crippen LogP contribution in [0.1, 0.15) is 11.1 Å². The molecule has 0 saturated heterocycles. The Morgan fingerprint density at radius 2 is 1.93 bits per heavy atom. The Morgan fingerprint density at radius 1 is 1.33 bits per heavy atom. The molecule has 0 amide bonds. The molecule has 15 heavy (non-hydrogen) atoms. The van der Waals surface area contributed by atoms with Crippen molar-refractivity contribution < 1.29 is 9.47 Å². The summed E-state index contributed by atoms with van der Waals surface area (Å²) in [5.74, 6) is 1.11. The van der Waals surface area contributed by atoms with Crippen LogP contribution in [-0.2, 0) is 6.42 Å². The summed E-state index contributed by atoms with van der Waals surface area (Å²) in [5, 5.41) is 9.09. The van der Waals surface area contributed by atoms with E-state index in [4.69, 9.17) is 26.3 Å². The van der Waals surface area contributed by atoms with E-state index in [1.807, 2.05) is 13.0 Å². The number of benzene rings is 1. The smallest absolute Gasteiger partial charge is 0.145 e. The first-order valence-electron chi connectivity index (χ1n) is 4.42. The minimum atomic E-state index is 0.272. The Balaban J connectivity index is 3.38. The van der Waals surface area contributed by atoms with Crippen LogP contribution in [0.2, 0.25) is 5.02 Å². The van der Waals surface area contributed by atoms with Gasteiger partial charge in [-0.25, -0.2) is 0 Å². The van der Waals surface area contributed by atoms with Gasteiger partial charge in [0.15, 0.2) is 0 Å². The molecule has 0 heterocycles. The third-order valence-corrected chi connectivity index (χ3v) is 2.46. The van der Waals surface area contributed by atoms with Gasteiger partial charge in [0.05, 0.1) is 26.7 Å². The van der Waals surface area contributed by atoms with Crippen LogP contribution < -0.4 is 9.47 Å². The number of nitriles is 1. The molecule has 0 aliphatic heterocycles. The highest BCUT2D eigenvalue weighted by Gasteiger charge is 2.15. The van der Waals surface area contributed by atoms with Gasteiger partial charge in [0.25, 0.3) is 0 Å². The van der Waals surface area contributed by atoms with E-state index in [2.05, 4.69) is 6.07 Å². The van der Waals surface area contributed by atoms with Gasteiger partial charge in [-0.05, 0) is 18.6 Å². The molecule has 1 aromatic rings. The van der Waals surface area contributed by atoms with Gasteiger partial charge in [0, 0.05) is 5.56 Å². The fourth-order valence-electron chi connectivity index (χ4n) is 1.50. The summed E-state index contributed by atoms with van der Waals surface area (Å²) in [6, 6.07) is 3.93. The van der Waals surface area contributed by atoms with E-state index < -0.39 is 0 Å². The van der Waals surface area contributed by atoms with Crippen LogP contribution >= 0.6 is 11.6 Å². The second-order valence-corrected chi connectivity index (χ2v) is 3.45. The number of methoxy groups -OCH3 is 2. The summed E-state index contributed by atoms with van der Waals surface area (Å²) in [7, 11) is 3.08. The molecule has 80 valence electrons. The molecule has 3 nitrogen and oxygen atoms in total. The summed E-state index contributed by atoms with van der Waals surface area (Å²) in [4.78, 5) is 0. The summed E-state index contributed by atoms with van der Waals surface area (Å²) in [6.45, 7) is 1.88. The largest absolute Gasteiger partial charge is 0.495 e. The molecule has 0 fully saturated rings. The maximum Gasteiger partial charge on any atom is 0.145 e. The fraction of sp³-hybridized carbons (Fsp3) is 0.364. The maximum atomic E-state index is 8.67. The number of nitrogens with zero attached hydrogens (tertiary/aromatic N) is 1. The fourth-order valence-corrected chi connectivity index (χ4v) is 1.92. The first-order valence-corrected chi connectivity index (χ1v) is 4.80. The van der Waals surface area contributed by atoms with Gasteiger partial charge in [-0.2, -0.15) is 5.26 Å². The number of rotatable bonds is 3. The van der Waals surface area contributed by atoms with Crippen LogP contribution in [-0.4, -0.2) is 14.2 Å². The molecule has 1 rings (SSSR count). The van der Waals surface area contributed by atoms with Crippen molar-refractivity contribution in [1.82, 2.24) is 0 Å². The molecule has 0 aliphatic carbocycles. The average molecular weight is 226 g/mol. The van der Waals surface area contributed by atoms with E-state index >= 15 is 0 Å². The van der Waals surface area contributed by atoms with E-state index in [1.54, 1.807) is 7.11 Å². The SMILES string of the molecule is COc1c(C)cc(CC#N)c(OC)c1Cl. The van der Waals surface area contributed by atoms with Crippen molar-refractivity contribution in [3.63, 3.8) is 0 Å². The molecule has 0 unspecified atom stereocenters. The van der Waals surface area contributed by atoms with Crippen molar-refractivity contribution in [3.05, 3.63) is 22.2 Å². The standard InChI is InChI=1S/C11H12ClNO2/c1-7-6-8(4-5-13)11(15-3)9(12)10(7)14-2/h6H,4H2,1-3H3. The van der Waals surface area contributed by atoms with Gasteiger partial charge < -0.3 is 9.47 Å². The number of halogens is 1. The van der Waals surface area contributed by atoms with Crippen molar-refractivity contribution in [2.24, 2.45) is 0 Å². The second kappa shape index (κ2) is 4.90. The third-order valence-electron chi connectivity index (χ3n) is 2.12. The second-order valence-electron chi connectivity index (χ2n) is 3.07. The molecule has 0 bridgehead atoms. The lowest BCUT2D eigenvalue weighted by Crippen LogP contribution is -1.97. The zero-order valence-corrected chi connectivity index (χ0v) is 9.68. The van der Waals surface area contributed by atoms with E-state index in [-0.39, 0.29) is 6.42 Å². The van der Waals surface area contributed by atoms with Crippen molar-refractivity contribution in [1.29, 1.82) is 5.26 Å². The highest BCUT2D eigenvalue weighted by Crippen LogP contribution is 2.39. The van der Waals surface area contributed by atoms with Crippen molar-refractivity contribution in [2.75, 3.05) is 14.2 Å². The zero-order valence-electron chi connectivity index (χ0n) is 8.93. The number of aryl methyl sites for hydroxylation is 1. The molecule has 0 atom stereocenters. The molecule has 0 N–H and O–H groups in total. The maximum absolute atomic E-state index is 8.67. The highest BCUT2D eigenvalue weighted by molar-refractivity contribution is 6.33. The van der Waals surface area contributed by atoms with Gasteiger partial charge in [0.2, 0.25) is 0 Å². The van der Waals surface area contributed by atoms with Gasteiger partial charge >= 0.3 is 0 Å². The molecular weight excluding hydrogens is 214 g/mol. The van der Waals surface area contributed by atoms with Gasteiger partial charge in [-0.3, -0.25) is 0 Å². The Bertz CT molecular complexity index is 410. The van der Waals surface area contributed by atoms with Crippen LogP contribution in [0.5, 0.6) is 11.5 Å². The summed E-state index contributed by atoms with van der Waals surface area (Å²) >= 11 is 6.10. The van der Waals surface area contributed by atoms with E-state index in [9.17, 15) is 0 Å². The van der Waals surface area contributed by atoms with Crippen LogP contribution in [0.25, 0.3) is 0 Å². The van der Waals surface area contributed by atoms with Crippen molar-refractivity contribution >= 4 is 11.6 Å². The zero-order chi connectivity index (χ0) is 11.4. The van der Waals surface area contributed by atoms with E-state index in [1.165, 1.54) is 7.11 Å². The Hall–Kier alpha value is -1.40. The number of hydrogen-bond donors (Lipinski definition) is 0. The lowest BCUT2D eigenvalue weighted by Gasteiger charge is -2.13. The Morgan fingerprint density at radius 3 is 2.40 bits per heavy atom. The lowest BCUT2D eigenvalue weighted by molar-refractivity contribution is 0.390. The monoisotopic (exact) mass is 225 g/mol. The van der Waals surface area contributed by atoms with E-state index in [0.29, 0.717) is 16.5 Å². The average Bonchev–Trinajstić information content (AvgIpc) is 2.19. The van der Waals surface area contributed by atoms with Gasteiger partial charge in [-0.15, -0.1) is 0 Å². The normalized spacial score (nSPS) is 9.53. The highest BCUT2D eigenvalue weighted by atomic mass is 35.5. The minimum Gasteiger partial charge on any atom is -0.495 e. The molecular formula is C11H12ClNO2. The van der Waals surface area contributed by atoms with Gasteiger partial charge in [0.1, 0.15) is 16.5 Å². The first-order chi connectivity index (χ1) is 7.15. The van der Waals surface area contributed by atoms with Crippen LogP contribution in [0, 0.1) is 18.3 Å². The first kappa shape index (κ1) is 11.7.